The molecule has 0 heterocycles. The van der Waals surface area contributed by atoms with E-state index in [4.69, 9.17) is 5.41 Å². The molecular weight excluding hydrogens is 146 g/mol. The first-order valence-electron chi connectivity index (χ1n) is 4.11. The van der Waals surface area contributed by atoms with Gasteiger partial charge in [-0.1, -0.05) is 29.8 Å². The second kappa shape index (κ2) is 2.59. The molecule has 1 N–H and O–H groups in total. The predicted octanol–water partition coefficient (Wildman–Crippen LogP) is 2.58. The number of rotatable bonds is 0. The summed E-state index contributed by atoms with van der Waals surface area (Å²) in [5.41, 5.74) is 4.52. The first-order valence-corrected chi connectivity index (χ1v) is 4.11. The van der Waals surface area contributed by atoms with Crippen molar-refractivity contribution in [3.8, 4) is 0 Å². The molecule has 1 heteroatoms. The lowest BCUT2D eigenvalue weighted by Gasteiger charge is -2.11. The molecule has 0 spiro atoms. The molecule has 0 aliphatic heterocycles. The maximum absolute atomic E-state index is 7.50. The van der Waals surface area contributed by atoms with Crippen molar-refractivity contribution in [2.75, 3.05) is 0 Å². The Morgan fingerprint density at radius 2 is 2.08 bits per heavy atom. The Kier molecular flexibility index (Phi) is 1.58. The van der Waals surface area contributed by atoms with Crippen molar-refractivity contribution in [3.63, 3.8) is 0 Å². The lowest BCUT2D eigenvalue weighted by molar-refractivity contribution is 1.25. The summed E-state index contributed by atoms with van der Waals surface area (Å²) in [4.78, 5) is 0. The number of hydrogen-bond donors (Lipinski definition) is 1. The highest BCUT2D eigenvalue weighted by molar-refractivity contribution is 6.00. The van der Waals surface area contributed by atoms with E-state index in [-0.39, 0.29) is 0 Å². The Morgan fingerprint density at radius 1 is 1.25 bits per heavy atom. The zero-order valence-corrected chi connectivity index (χ0v) is 7.09. The van der Waals surface area contributed by atoms with Crippen LogP contribution >= 0.6 is 0 Å². The Labute approximate surface area is 72.2 Å². The van der Waals surface area contributed by atoms with Gasteiger partial charge in [0.15, 0.2) is 0 Å². The minimum atomic E-state index is 0.702. The lowest BCUT2D eigenvalue weighted by Crippen LogP contribution is -2.04. The fraction of sp³-hybridized carbons (Fsp3) is 0.182. The largest absolute Gasteiger partial charge is 0.305 e. The summed E-state index contributed by atoms with van der Waals surface area (Å²) in [6.45, 7) is 2.09. The molecule has 1 nitrogen and oxygen atoms in total. The third kappa shape index (κ3) is 1.18. The van der Waals surface area contributed by atoms with Crippen LogP contribution < -0.4 is 0 Å². The maximum Gasteiger partial charge on any atom is 0.0358 e. The van der Waals surface area contributed by atoms with Crippen molar-refractivity contribution in [2.45, 2.75) is 13.3 Å². The minimum absolute atomic E-state index is 0.702. The minimum Gasteiger partial charge on any atom is -0.305 e. The van der Waals surface area contributed by atoms with Crippen molar-refractivity contribution < 1.29 is 0 Å². The number of fused-ring (bicyclic) bond motifs is 1. The number of benzene rings is 1. The van der Waals surface area contributed by atoms with Crippen LogP contribution in [0.25, 0.3) is 6.08 Å². The van der Waals surface area contributed by atoms with Gasteiger partial charge in [0.25, 0.3) is 0 Å². The van der Waals surface area contributed by atoms with Crippen LogP contribution in [0.1, 0.15) is 16.7 Å². The first kappa shape index (κ1) is 7.29. The number of allylic oxidation sites excluding steroid dienone is 1. The van der Waals surface area contributed by atoms with Crippen molar-refractivity contribution in [1.29, 1.82) is 5.41 Å². The third-order valence-electron chi connectivity index (χ3n) is 2.14. The van der Waals surface area contributed by atoms with E-state index in [0.717, 1.165) is 6.42 Å². The van der Waals surface area contributed by atoms with Crippen LogP contribution in [0.2, 0.25) is 0 Å². The van der Waals surface area contributed by atoms with E-state index >= 15 is 0 Å². The molecule has 0 bridgehead atoms. The summed E-state index contributed by atoms with van der Waals surface area (Å²) in [5, 5.41) is 7.50. The highest BCUT2D eigenvalue weighted by Crippen LogP contribution is 2.18. The molecule has 0 radical (unpaired) electrons. The molecule has 1 aliphatic rings. The zero-order valence-electron chi connectivity index (χ0n) is 7.09. The van der Waals surface area contributed by atoms with E-state index in [2.05, 4.69) is 25.1 Å². The average Bonchev–Trinajstić information content (AvgIpc) is 2.03. The second-order valence-corrected chi connectivity index (χ2v) is 3.24. The smallest absolute Gasteiger partial charge is 0.0358 e. The molecule has 0 saturated carbocycles. The molecule has 0 aromatic heterocycles. The number of hydrogen-bond acceptors (Lipinski definition) is 1. The molecule has 1 aromatic carbocycles. The monoisotopic (exact) mass is 157 g/mol. The van der Waals surface area contributed by atoms with Gasteiger partial charge in [0, 0.05) is 12.1 Å². The van der Waals surface area contributed by atoms with E-state index in [1.165, 1.54) is 16.7 Å². The van der Waals surface area contributed by atoms with Crippen LogP contribution in [0, 0.1) is 12.3 Å². The van der Waals surface area contributed by atoms with Gasteiger partial charge in [-0.3, -0.25) is 0 Å². The van der Waals surface area contributed by atoms with Crippen LogP contribution in [0.3, 0.4) is 0 Å². The third-order valence-corrected chi connectivity index (χ3v) is 2.14. The van der Waals surface area contributed by atoms with Gasteiger partial charge < -0.3 is 5.41 Å². The van der Waals surface area contributed by atoms with E-state index in [9.17, 15) is 0 Å². The first-order chi connectivity index (χ1) is 5.75. The fourth-order valence-electron chi connectivity index (χ4n) is 1.50. The Morgan fingerprint density at radius 3 is 2.92 bits per heavy atom. The highest BCUT2D eigenvalue weighted by Gasteiger charge is 2.06. The van der Waals surface area contributed by atoms with Gasteiger partial charge in [-0.05, 0) is 24.1 Å². The summed E-state index contributed by atoms with van der Waals surface area (Å²) in [7, 11) is 0. The summed E-state index contributed by atoms with van der Waals surface area (Å²) >= 11 is 0. The van der Waals surface area contributed by atoms with Crippen molar-refractivity contribution in [3.05, 3.63) is 41.0 Å². The van der Waals surface area contributed by atoms with Crippen LogP contribution in [0.15, 0.2) is 24.3 Å². The number of nitrogens with one attached hydrogen (secondary N) is 1. The second-order valence-electron chi connectivity index (χ2n) is 3.24. The standard InChI is InChI=1S/C11H11N/c1-8-2-3-9-4-5-11(12)7-10(9)6-8/h2-6,12H,7H2,1H3. The van der Waals surface area contributed by atoms with Crippen LogP contribution in [-0.2, 0) is 6.42 Å². The quantitative estimate of drug-likeness (QED) is 0.598. The van der Waals surface area contributed by atoms with E-state index in [0.29, 0.717) is 5.71 Å². The molecular formula is C11H11N. The molecule has 2 rings (SSSR count). The van der Waals surface area contributed by atoms with E-state index in [1.54, 1.807) is 0 Å². The van der Waals surface area contributed by atoms with Gasteiger partial charge in [0.1, 0.15) is 0 Å². The van der Waals surface area contributed by atoms with E-state index in [1.807, 2.05) is 12.2 Å². The summed E-state index contributed by atoms with van der Waals surface area (Å²) in [5.74, 6) is 0. The van der Waals surface area contributed by atoms with Crippen LogP contribution in [0.5, 0.6) is 0 Å². The molecule has 1 aromatic rings. The average molecular weight is 157 g/mol. The van der Waals surface area contributed by atoms with Crippen LogP contribution in [-0.4, -0.2) is 5.71 Å². The normalized spacial score (nSPS) is 14.6. The van der Waals surface area contributed by atoms with Gasteiger partial charge >= 0.3 is 0 Å². The Balaban J connectivity index is 2.54. The lowest BCUT2D eigenvalue weighted by atomic mass is 9.95. The SMILES string of the molecule is Cc1ccc2c(c1)CC(=N)C=C2. The summed E-state index contributed by atoms with van der Waals surface area (Å²) in [6.07, 6.45) is 4.67. The summed E-state index contributed by atoms with van der Waals surface area (Å²) in [6, 6.07) is 6.39. The zero-order chi connectivity index (χ0) is 8.55. The Bertz CT molecular complexity index is 361. The molecule has 0 unspecified atom stereocenters. The molecule has 0 fully saturated rings. The van der Waals surface area contributed by atoms with Crippen molar-refractivity contribution in [2.24, 2.45) is 0 Å². The molecule has 0 amide bonds. The van der Waals surface area contributed by atoms with Crippen molar-refractivity contribution >= 4 is 11.8 Å². The number of aryl methyl sites for hydroxylation is 1. The Hall–Kier alpha value is -1.37. The van der Waals surface area contributed by atoms with Gasteiger partial charge in [-0.2, -0.15) is 0 Å². The molecule has 0 saturated heterocycles. The van der Waals surface area contributed by atoms with Gasteiger partial charge in [0.05, 0.1) is 0 Å². The fourth-order valence-corrected chi connectivity index (χ4v) is 1.50. The highest BCUT2D eigenvalue weighted by atomic mass is 14.4. The summed E-state index contributed by atoms with van der Waals surface area (Å²) < 4.78 is 0. The molecule has 1 aliphatic carbocycles. The maximum atomic E-state index is 7.50. The molecule has 60 valence electrons. The topological polar surface area (TPSA) is 23.9 Å². The molecule has 0 atom stereocenters. The van der Waals surface area contributed by atoms with Crippen molar-refractivity contribution in [1.82, 2.24) is 0 Å². The molecule has 12 heavy (non-hydrogen) atoms. The van der Waals surface area contributed by atoms with Crippen LogP contribution in [0.4, 0.5) is 0 Å². The van der Waals surface area contributed by atoms with E-state index < -0.39 is 0 Å². The van der Waals surface area contributed by atoms with Gasteiger partial charge in [-0.15, -0.1) is 0 Å². The van der Waals surface area contributed by atoms with Gasteiger partial charge in [-0.25, -0.2) is 0 Å². The van der Waals surface area contributed by atoms with Gasteiger partial charge in [0.2, 0.25) is 0 Å². The predicted molar refractivity (Wildman–Crippen MR) is 51.6 cm³/mol.